The summed E-state index contributed by atoms with van der Waals surface area (Å²) in [5.41, 5.74) is 7.18. The van der Waals surface area contributed by atoms with E-state index in [1.165, 1.54) is 16.7 Å². The standard InChI is InChI=1S/C20H19N3.2BrH.Fe/c1-14-11-15(2)20(16(3)12-14)22-13-17-7-6-9-19(23-17)18-8-4-5-10-21-18;;;/h4-13H,1-3H3;2*1H;/q;;;+2/p-2. The van der Waals surface area contributed by atoms with Gasteiger partial charge in [-0.05, 0) is 56.2 Å². The van der Waals surface area contributed by atoms with Crippen LogP contribution >= 0.6 is 28.2 Å². The molecule has 0 unspecified atom stereocenters. The predicted octanol–water partition coefficient (Wildman–Crippen LogP) is 6.51. The van der Waals surface area contributed by atoms with Crippen LogP contribution in [-0.2, 0) is 11.3 Å². The number of aromatic nitrogens is 2. The van der Waals surface area contributed by atoms with Crippen LogP contribution in [0.1, 0.15) is 22.4 Å². The Balaban J connectivity index is 0.000000758. The predicted molar refractivity (Wildman–Crippen MR) is 113 cm³/mol. The topological polar surface area (TPSA) is 38.1 Å². The summed E-state index contributed by atoms with van der Waals surface area (Å²) in [4.78, 5) is 13.6. The van der Waals surface area contributed by atoms with Crippen molar-refractivity contribution in [3.05, 3.63) is 77.1 Å². The van der Waals surface area contributed by atoms with Crippen molar-refractivity contribution in [2.24, 2.45) is 4.99 Å². The van der Waals surface area contributed by atoms with Gasteiger partial charge >= 0.3 is 39.6 Å². The molecule has 0 amide bonds. The third-order valence-corrected chi connectivity index (χ3v) is 3.66. The zero-order valence-corrected chi connectivity index (χ0v) is 19.0. The molecule has 2 heterocycles. The van der Waals surface area contributed by atoms with Gasteiger partial charge in [-0.15, -0.1) is 0 Å². The van der Waals surface area contributed by atoms with Gasteiger partial charge in [0.1, 0.15) is 0 Å². The van der Waals surface area contributed by atoms with E-state index in [-0.39, 0.29) is 0 Å². The molecule has 0 fully saturated rings. The Morgan fingerprint density at radius 3 is 2.19 bits per heavy atom. The SMILES string of the molecule is Cc1cc(C)c(N=Cc2cccc(-c3ccccn3)n2)c(C)c1.[Br][Fe][Br]. The van der Waals surface area contributed by atoms with Crippen LogP contribution < -0.4 is 0 Å². The number of benzene rings is 1. The molecule has 1 aromatic carbocycles. The van der Waals surface area contributed by atoms with Crippen molar-refractivity contribution in [2.45, 2.75) is 20.8 Å². The van der Waals surface area contributed by atoms with Crippen LogP contribution in [0.5, 0.6) is 0 Å². The number of pyridine rings is 2. The molecule has 3 rings (SSSR count). The average Bonchev–Trinajstić information content (AvgIpc) is 2.62. The van der Waals surface area contributed by atoms with E-state index in [9.17, 15) is 0 Å². The summed E-state index contributed by atoms with van der Waals surface area (Å²) < 4.78 is 0. The molecule has 0 radical (unpaired) electrons. The first kappa shape index (κ1) is 21.0. The van der Waals surface area contributed by atoms with E-state index in [0.717, 1.165) is 34.1 Å². The van der Waals surface area contributed by atoms with Crippen molar-refractivity contribution < 1.29 is 11.3 Å². The Hall–Kier alpha value is -1.33. The number of halogens is 2. The number of aliphatic imine (C=N–C) groups is 1. The summed E-state index contributed by atoms with van der Waals surface area (Å²) in [6.07, 6.45) is 3.59. The molecule has 136 valence electrons. The van der Waals surface area contributed by atoms with Gasteiger partial charge in [-0.25, -0.2) is 4.98 Å². The molecule has 0 atom stereocenters. The molecule has 0 aliphatic carbocycles. The summed E-state index contributed by atoms with van der Waals surface area (Å²) in [7, 11) is 0. The second-order valence-corrected chi connectivity index (χ2v) is 11.3. The van der Waals surface area contributed by atoms with E-state index in [2.05, 4.69) is 76.1 Å². The van der Waals surface area contributed by atoms with E-state index >= 15 is 0 Å². The van der Waals surface area contributed by atoms with Crippen LogP contribution in [0.3, 0.4) is 0 Å². The van der Waals surface area contributed by atoms with Gasteiger partial charge in [-0.3, -0.25) is 9.98 Å². The van der Waals surface area contributed by atoms with Crippen molar-refractivity contribution >= 4 is 40.1 Å². The van der Waals surface area contributed by atoms with Crippen molar-refractivity contribution in [2.75, 3.05) is 0 Å². The van der Waals surface area contributed by atoms with Gasteiger partial charge < -0.3 is 0 Å². The molecular weight excluding hydrogens is 498 g/mol. The Labute approximate surface area is 174 Å². The first-order chi connectivity index (χ1) is 12.5. The maximum absolute atomic E-state index is 4.64. The van der Waals surface area contributed by atoms with E-state index in [0.29, 0.717) is 0 Å². The van der Waals surface area contributed by atoms with Crippen LogP contribution in [0.25, 0.3) is 11.4 Å². The van der Waals surface area contributed by atoms with E-state index in [1.807, 2.05) is 42.6 Å². The van der Waals surface area contributed by atoms with Gasteiger partial charge in [0.25, 0.3) is 0 Å². The van der Waals surface area contributed by atoms with Gasteiger partial charge in [0.05, 0.1) is 29.0 Å². The monoisotopic (exact) mass is 515 g/mol. The number of nitrogens with zero attached hydrogens (tertiary/aromatic N) is 3. The Bertz CT molecular complexity index is 860. The summed E-state index contributed by atoms with van der Waals surface area (Å²) in [6.45, 7) is 6.28. The molecule has 2 aromatic heterocycles. The minimum absolute atomic E-state index is 0.826. The number of aryl methyl sites for hydroxylation is 3. The van der Waals surface area contributed by atoms with E-state index in [4.69, 9.17) is 0 Å². The summed E-state index contributed by atoms with van der Waals surface area (Å²) >= 11 is 7.00. The fraction of sp³-hybridized carbons (Fsp3) is 0.150. The maximum atomic E-state index is 4.64. The first-order valence-electron chi connectivity index (χ1n) is 7.90. The van der Waals surface area contributed by atoms with Crippen LogP contribution in [0.4, 0.5) is 5.69 Å². The Morgan fingerprint density at radius 2 is 1.58 bits per heavy atom. The molecular formula is C20H19Br2FeN3. The summed E-state index contributed by atoms with van der Waals surface area (Å²) in [5, 5.41) is 0. The van der Waals surface area contributed by atoms with Gasteiger partial charge in [0, 0.05) is 6.20 Å². The second-order valence-electron chi connectivity index (χ2n) is 5.72. The minimum atomic E-state index is 0.826. The molecule has 0 aliphatic heterocycles. The van der Waals surface area contributed by atoms with Crippen molar-refractivity contribution in [3.63, 3.8) is 0 Å². The molecule has 3 nitrogen and oxygen atoms in total. The molecule has 3 aromatic rings. The van der Waals surface area contributed by atoms with Crippen molar-refractivity contribution in [1.82, 2.24) is 9.97 Å². The molecule has 0 saturated heterocycles. The number of hydrogen-bond donors (Lipinski definition) is 0. The molecule has 0 saturated carbocycles. The van der Waals surface area contributed by atoms with Crippen molar-refractivity contribution in [1.29, 1.82) is 0 Å². The normalized spacial score (nSPS) is 10.7. The molecule has 6 heteroatoms. The third-order valence-electron chi connectivity index (χ3n) is 3.66. The number of rotatable bonds is 3. The summed E-state index contributed by atoms with van der Waals surface area (Å²) in [6, 6.07) is 16.0. The molecule has 0 N–H and O–H groups in total. The quantitative estimate of drug-likeness (QED) is 0.294. The van der Waals surface area contributed by atoms with E-state index < -0.39 is 0 Å². The first-order valence-corrected chi connectivity index (χ1v) is 13.4. The second kappa shape index (κ2) is 10.7. The fourth-order valence-corrected chi connectivity index (χ4v) is 2.69. The average molecular weight is 517 g/mol. The zero-order chi connectivity index (χ0) is 18.9. The molecule has 26 heavy (non-hydrogen) atoms. The van der Waals surface area contributed by atoms with Gasteiger partial charge in [0.15, 0.2) is 0 Å². The van der Waals surface area contributed by atoms with Gasteiger partial charge in [-0.2, -0.15) is 0 Å². The number of hydrogen-bond acceptors (Lipinski definition) is 3. The molecule has 0 bridgehead atoms. The van der Waals surface area contributed by atoms with Crippen LogP contribution in [0.2, 0.25) is 0 Å². The van der Waals surface area contributed by atoms with Crippen LogP contribution in [-0.4, -0.2) is 16.2 Å². The van der Waals surface area contributed by atoms with Gasteiger partial charge in [-0.1, -0.05) is 29.8 Å². The van der Waals surface area contributed by atoms with Gasteiger partial charge in [0.2, 0.25) is 0 Å². The Kier molecular flexibility index (Phi) is 8.66. The Morgan fingerprint density at radius 1 is 0.923 bits per heavy atom. The zero-order valence-electron chi connectivity index (χ0n) is 14.7. The molecule has 0 aliphatic rings. The van der Waals surface area contributed by atoms with Crippen molar-refractivity contribution in [3.8, 4) is 11.4 Å². The fourth-order valence-electron chi connectivity index (χ4n) is 2.69. The third kappa shape index (κ3) is 6.13. The summed E-state index contributed by atoms with van der Waals surface area (Å²) in [5.74, 6) is 0. The van der Waals surface area contributed by atoms with Crippen LogP contribution in [0.15, 0.2) is 59.7 Å². The van der Waals surface area contributed by atoms with Crippen LogP contribution in [0, 0.1) is 20.8 Å². The van der Waals surface area contributed by atoms with E-state index in [1.54, 1.807) is 6.20 Å². The molecule has 0 spiro atoms.